The van der Waals surface area contributed by atoms with E-state index in [2.05, 4.69) is 15.0 Å². The average Bonchev–Trinajstić information content (AvgIpc) is 3.69. The quantitative estimate of drug-likeness (QED) is 0.328. The zero-order chi connectivity index (χ0) is 24.4. The number of ether oxygens (including phenoxy) is 2. The number of pyridine rings is 1. The molecule has 2 heterocycles. The second-order valence-corrected chi connectivity index (χ2v) is 8.58. The molecule has 0 amide bonds. The molecule has 4 aromatic rings. The summed E-state index contributed by atoms with van der Waals surface area (Å²) in [5, 5.41) is 0.661. The smallest absolute Gasteiger partial charge is 0.230 e. The first kappa shape index (κ1) is 22.6. The zero-order valence-corrected chi connectivity index (χ0v) is 19.0. The van der Waals surface area contributed by atoms with Gasteiger partial charge in [0.1, 0.15) is 17.9 Å². The minimum Gasteiger partial charge on any atom is -0.481 e. The number of benzene rings is 2. The van der Waals surface area contributed by atoms with Crippen LogP contribution in [-0.4, -0.2) is 33.6 Å². The van der Waals surface area contributed by atoms with E-state index in [0.717, 1.165) is 5.56 Å². The van der Waals surface area contributed by atoms with Crippen molar-refractivity contribution in [1.82, 2.24) is 15.0 Å². The van der Waals surface area contributed by atoms with Crippen molar-refractivity contribution in [3.8, 4) is 17.5 Å². The second kappa shape index (κ2) is 9.21. The number of ketones is 2. The van der Waals surface area contributed by atoms with E-state index in [4.69, 9.17) is 9.47 Å². The van der Waals surface area contributed by atoms with E-state index >= 15 is 0 Å². The Hall–Kier alpha value is -4.20. The van der Waals surface area contributed by atoms with Gasteiger partial charge in [0, 0.05) is 18.9 Å². The van der Waals surface area contributed by atoms with Crippen LogP contribution in [0.4, 0.5) is 4.39 Å². The first-order valence-electron chi connectivity index (χ1n) is 11.2. The molecule has 2 aromatic carbocycles. The summed E-state index contributed by atoms with van der Waals surface area (Å²) in [7, 11) is 1.53. The highest BCUT2D eigenvalue weighted by atomic mass is 19.1. The van der Waals surface area contributed by atoms with E-state index in [1.54, 1.807) is 48.7 Å². The summed E-state index contributed by atoms with van der Waals surface area (Å²) < 4.78 is 24.2. The van der Waals surface area contributed by atoms with Crippen molar-refractivity contribution < 1.29 is 23.5 Å². The van der Waals surface area contributed by atoms with Gasteiger partial charge in [-0.15, -0.1) is 0 Å². The molecule has 0 aliphatic heterocycles. The topological polar surface area (TPSA) is 91.3 Å². The van der Waals surface area contributed by atoms with E-state index < -0.39 is 5.41 Å². The van der Waals surface area contributed by atoms with Crippen LogP contribution in [0.1, 0.15) is 24.0 Å². The number of hydrogen-bond acceptors (Lipinski definition) is 7. The fourth-order valence-electron chi connectivity index (χ4n) is 4.05. The molecule has 7 nitrogen and oxygen atoms in total. The molecule has 0 radical (unpaired) electrons. The lowest BCUT2D eigenvalue weighted by molar-refractivity contribution is -0.133. The third-order valence-corrected chi connectivity index (χ3v) is 6.27. The van der Waals surface area contributed by atoms with E-state index in [9.17, 15) is 14.0 Å². The molecule has 0 spiro atoms. The van der Waals surface area contributed by atoms with Gasteiger partial charge in [0.2, 0.25) is 11.8 Å². The van der Waals surface area contributed by atoms with Crippen LogP contribution in [0.5, 0.6) is 17.5 Å². The fraction of sp³-hybridized carbons (Fsp3) is 0.222. The number of halogens is 1. The highest BCUT2D eigenvalue weighted by Gasteiger charge is 2.54. The number of fused-ring (bicyclic) bond motifs is 1. The van der Waals surface area contributed by atoms with Gasteiger partial charge in [0.05, 0.1) is 29.6 Å². The Bertz CT molecular complexity index is 1400. The fourth-order valence-corrected chi connectivity index (χ4v) is 4.05. The molecule has 5 rings (SSSR count). The Morgan fingerprint density at radius 2 is 1.54 bits per heavy atom. The maximum absolute atomic E-state index is 13.1. The molecule has 1 aliphatic carbocycles. The lowest BCUT2D eigenvalue weighted by atomic mass is 9.88. The Labute approximate surface area is 201 Å². The van der Waals surface area contributed by atoms with Gasteiger partial charge in [0.25, 0.3) is 0 Å². The molecule has 1 aliphatic rings. The molecule has 0 saturated heterocycles. The van der Waals surface area contributed by atoms with Crippen LogP contribution in [0, 0.1) is 11.2 Å². The third-order valence-electron chi connectivity index (χ3n) is 6.27. The van der Waals surface area contributed by atoms with Gasteiger partial charge >= 0.3 is 0 Å². The second-order valence-electron chi connectivity index (χ2n) is 8.58. The summed E-state index contributed by atoms with van der Waals surface area (Å²) in [5.41, 5.74) is 1.21. The predicted molar refractivity (Wildman–Crippen MR) is 126 cm³/mol. The SMILES string of the molecule is COc1cc2c(Oc3ccc(CC(=O)C4(C(=O)Cc5ccc(F)cc5)CC4)cc3)ncnc2cn1. The predicted octanol–water partition coefficient (Wildman–Crippen LogP) is 4.67. The molecule has 2 aromatic heterocycles. The Kier molecular flexibility index (Phi) is 5.94. The molecule has 1 fully saturated rings. The first-order valence-corrected chi connectivity index (χ1v) is 11.2. The number of carbonyl (C=O) groups is 2. The van der Waals surface area contributed by atoms with Crippen LogP contribution in [0.15, 0.2) is 67.1 Å². The number of hydrogen-bond donors (Lipinski definition) is 0. The lowest BCUT2D eigenvalue weighted by Gasteiger charge is -2.13. The maximum Gasteiger partial charge on any atom is 0.230 e. The Balaban J connectivity index is 1.26. The van der Waals surface area contributed by atoms with Gasteiger partial charge in [0.15, 0.2) is 11.6 Å². The molecule has 35 heavy (non-hydrogen) atoms. The van der Waals surface area contributed by atoms with Gasteiger partial charge in [-0.2, -0.15) is 0 Å². The highest BCUT2D eigenvalue weighted by Crippen LogP contribution is 2.48. The summed E-state index contributed by atoms with van der Waals surface area (Å²) in [6.07, 6.45) is 4.40. The van der Waals surface area contributed by atoms with E-state index in [1.807, 2.05) is 0 Å². The summed E-state index contributed by atoms with van der Waals surface area (Å²) in [5.74, 6) is 0.798. The van der Waals surface area contributed by atoms with E-state index in [0.29, 0.717) is 46.8 Å². The largest absolute Gasteiger partial charge is 0.481 e. The van der Waals surface area contributed by atoms with Crippen molar-refractivity contribution in [3.63, 3.8) is 0 Å². The number of methoxy groups -OCH3 is 1. The molecule has 0 atom stereocenters. The lowest BCUT2D eigenvalue weighted by Crippen LogP contribution is -2.28. The molecule has 0 unspecified atom stereocenters. The minimum absolute atomic E-state index is 0.0836. The van der Waals surface area contributed by atoms with E-state index in [-0.39, 0.29) is 30.2 Å². The van der Waals surface area contributed by atoms with Crippen molar-refractivity contribution in [2.45, 2.75) is 25.7 Å². The zero-order valence-electron chi connectivity index (χ0n) is 19.0. The normalized spacial score (nSPS) is 13.9. The number of rotatable bonds is 9. The standard InChI is InChI=1S/C27H22FN3O4/c1-34-25-14-21-22(15-29-25)30-16-31-26(21)35-20-8-4-18(5-9-20)13-24(33)27(10-11-27)23(32)12-17-2-6-19(28)7-3-17/h2-9,14-16H,10-13H2,1H3. The minimum atomic E-state index is -0.920. The van der Waals surface area contributed by atoms with Gasteiger partial charge in [-0.05, 0) is 48.2 Å². The van der Waals surface area contributed by atoms with Crippen molar-refractivity contribution >= 4 is 22.5 Å². The van der Waals surface area contributed by atoms with Crippen molar-refractivity contribution in [2.24, 2.45) is 5.41 Å². The first-order chi connectivity index (χ1) is 17.0. The molecule has 0 N–H and O–H groups in total. The monoisotopic (exact) mass is 471 g/mol. The number of Topliss-reactive ketones (excluding diaryl/α,β-unsaturated/α-hetero) is 2. The Morgan fingerprint density at radius 1 is 0.914 bits per heavy atom. The summed E-state index contributed by atoms with van der Waals surface area (Å²) >= 11 is 0. The molecular formula is C27H22FN3O4. The summed E-state index contributed by atoms with van der Waals surface area (Å²) in [4.78, 5) is 38.4. The summed E-state index contributed by atoms with van der Waals surface area (Å²) in [6, 6.07) is 14.6. The molecule has 176 valence electrons. The number of aromatic nitrogens is 3. The van der Waals surface area contributed by atoms with Crippen molar-refractivity contribution in [1.29, 1.82) is 0 Å². The van der Waals surface area contributed by atoms with Crippen LogP contribution in [0.2, 0.25) is 0 Å². The van der Waals surface area contributed by atoms with Crippen LogP contribution in [-0.2, 0) is 22.4 Å². The van der Waals surface area contributed by atoms with E-state index in [1.165, 1.54) is 25.6 Å². The number of carbonyl (C=O) groups excluding carboxylic acids is 2. The molecule has 1 saturated carbocycles. The third kappa shape index (κ3) is 4.73. The Morgan fingerprint density at radius 3 is 2.14 bits per heavy atom. The van der Waals surface area contributed by atoms with Gasteiger partial charge in [-0.1, -0.05) is 24.3 Å². The molecule has 0 bridgehead atoms. The number of nitrogens with zero attached hydrogens (tertiary/aromatic N) is 3. The van der Waals surface area contributed by atoms with Crippen molar-refractivity contribution in [2.75, 3.05) is 7.11 Å². The van der Waals surface area contributed by atoms with Crippen LogP contribution in [0.3, 0.4) is 0 Å². The maximum atomic E-state index is 13.1. The average molecular weight is 471 g/mol. The van der Waals surface area contributed by atoms with Gasteiger partial charge < -0.3 is 9.47 Å². The van der Waals surface area contributed by atoms with Gasteiger partial charge in [-0.25, -0.2) is 19.3 Å². The molecular weight excluding hydrogens is 449 g/mol. The van der Waals surface area contributed by atoms with Crippen molar-refractivity contribution in [3.05, 3.63) is 84.1 Å². The van der Waals surface area contributed by atoms with Gasteiger partial charge in [-0.3, -0.25) is 9.59 Å². The van der Waals surface area contributed by atoms with Crippen LogP contribution in [0.25, 0.3) is 10.9 Å². The van der Waals surface area contributed by atoms with Crippen LogP contribution >= 0.6 is 0 Å². The molecule has 8 heteroatoms. The van der Waals surface area contributed by atoms with Crippen LogP contribution < -0.4 is 9.47 Å². The highest BCUT2D eigenvalue weighted by molar-refractivity contribution is 6.10. The summed E-state index contributed by atoms with van der Waals surface area (Å²) in [6.45, 7) is 0.